The number of hydrogen-bond acceptors (Lipinski definition) is 27. The number of phenolic OH excluding ortho intramolecular Hbond substituents is 1. The van der Waals surface area contributed by atoms with Crippen LogP contribution in [0.15, 0.2) is 152 Å². The van der Waals surface area contributed by atoms with Crippen molar-refractivity contribution in [3.05, 3.63) is 208 Å². The van der Waals surface area contributed by atoms with Gasteiger partial charge in [-0.25, -0.2) is 0 Å². The Labute approximate surface area is 835 Å². The van der Waals surface area contributed by atoms with Crippen molar-refractivity contribution in [2.24, 2.45) is 12.8 Å². The fourth-order valence-electron chi connectivity index (χ4n) is 10.4. The minimum Gasteiger partial charge on any atom is -1.00 e. The van der Waals surface area contributed by atoms with Crippen LogP contribution in [0.1, 0.15) is 116 Å². The number of nitrogens with two attached hydrogens (primary N) is 1. The summed E-state index contributed by atoms with van der Waals surface area (Å²) in [5.74, 6) is 2.35. The van der Waals surface area contributed by atoms with Crippen LogP contribution in [0.25, 0.3) is 0 Å². The minimum absolute atomic E-state index is 0. The number of carbonyl (C=O) groups is 5. The Kier molecular flexibility index (Phi) is 52.6. The van der Waals surface area contributed by atoms with E-state index < -0.39 is 48.6 Å². The number of benzene rings is 8. The van der Waals surface area contributed by atoms with Gasteiger partial charge in [0.1, 0.15) is 40.2 Å². The number of halogens is 13. The van der Waals surface area contributed by atoms with E-state index in [2.05, 4.69) is 49.0 Å². The summed E-state index contributed by atoms with van der Waals surface area (Å²) in [5, 5.41) is 28.3. The quantitative estimate of drug-likeness (QED) is 0.0100. The van der Waals surface area contributed by atoms with Crippen molar-refractivity contribution in [3.8, 4) is 92.0 Å². The number of aromatic hydroxyl groups is 1. The summed E-state index contributed by atoms with van der Waals surface area (Å²) in [6, 6.07) is 38.7. The van der Waals surface area contributed by atoms with Crippen molar-refractivity contribution >= 4 is 31.1 Å². The third kappa shape index (κ3) is 41.8. The number of rotatable bonds is 32. The number of ketones is 1. The molecule has 28 nitrogen and oxygen atoms in total. The van der Waals surface area contributed by atoms with E-state index in [1.54, 1.807) is 90.7 Å². The molecule has 10 rings (SSSR count). The molecule has 680 valence electrons. The van der Waals surface area contributed by atoms with Crippen molar-refractivity contribution < 1.29 is 307 Å². The van der Waals surface area contributed by atoms with Gasteiger partial charge in [-0.15, -0.1) is 39.5 Å². The number of carbonyl (C=O) groups excluding carboxylic acids is 5. The van der Waals surface area contributed by atoms with E-state index in [1.165, 1.54) is 101 Å². The zero-order valence-corrected chi connectivity index (χ0v) is 83.6. The molecular weight excluding hydrogens is 1950 g/mol. The normalized spacial score (nSPS) is 11.1. The average Bonchev–Trinajstić information content (AvgIpc) is 1.70. The first-order valence-electron chi connectivity index (χ1n) is 35.8. The summed E-state index contributed by atoms with van der Waals surface area (Å²) < 4.78 is 233. The Morgan fingerprint density at radius 3 is 1.05 bits per heavy atom. The van der Waals surface area contributed by atoms with Crippen molar-refractivity contribution in [2.45, 2.75) is 104 Å². The van der Waals surface area contributed by atoms with Crippen LogP contribution in [0.4, 0.5) is 57.1 Å². The number of ether oxygens (including phenoxy) is 15. The molecule has 0 bridgehead atoms. The first kappa shape index (κ1) is 115. The first-order chi connectivity index (χ1) is 58.5. The maximum absolute atomic E-state index is 12.6. The minimum atomic E-state index is -4.81. The number of para-hydroxylation sites is 5. The van der Waals surface area contributed by atoms with Crippen molar-refractivity contribution in [2.75, 3.05) is 71.1 Å². The van der Waals surface area contributed by atoms with E-state index in [9.17, 15) is 81.4 Å². The number of nitrogens with zero attached hydrogens (tertiary/aromatic N) is 2. The van der Waals surface area contributed by atoms with Gasteiger partial charge in [-0.1, -0.05) is 60.7 Å². The number of nitrogens with one attached hydrogen (secondary N) is 2. The van der Waals surface area contributed by atoms with Gasteiger partial charge in [0.25, 0.3) is 6.47 Å². The summed E-state index contributed by atoms with van der Waals surface area (Å²) in [4.78, 5) is 53.7. The molecule has 1 aliphatic rings. The number of aldehydes is 3. The number of methoxy groups -OCH3 is 10. The summed E-state index contributed by atoms with van der Waals surface area (Å²) >= 11 is 0. The number of aryl methyl sites for hydroxylation is 1. The van der Waals surface area contributed by atoms with E-state index in [0.717, 1.165) is 58.8 Å². The number of phenols is 1. The third-order valence-electron chi connectivity index (χ3n) is 15.9. The standard InChI is InChI=1S/2C18H20F3NO4.C10H10F2O3.C9H7F3O3.C9H8F2O3.C9H12N2O.C9H13NO2.CH2O3.2Cs.H/c2*1-23-14-8-7-12(16(9-14)24-2)10-22-11-13-5-4-6-15(17(13)25-3)26-18(19,20)21;1-10(11,12)15-8-5-3-4-7(6-13)9(8)14-2;1-14-8-6(5-13)3-2-4-7(8)15-9(10,11)12;1-9(10,11)14-7-4-2-3-6(5-12)8(7)13;1-6(12)9-5-8(7-3-4-7)10-11(9)2;1-11-8-4-3-7(6-10)9(5-8)12-2;2-1-4-3;;;/h2*4-9,22H,10-11H2,1-3H3;3-6H,1-2H3;2-5H,1H3;2-5,13H,1H3;5,7H,3-4H2,1-2H3;3-5H,6,10H2,1-2H3;1,3H;;;/q;;;;;;;;2*+1;-1/p-1. The van der Waals surface area contributed by atoms with Crippen LogP contribution >= 0.6 is 0 Å². The molecule has 0 unspecified atom stereocenters. The largest absolute Gasteiger partial charge is 1.00 e. The molecule has 0 aliphatic heterocycles. The molecule has 5 N–H and O–H groups in total. The predicted molar refractivity (Wildman–Crippen MR) is 420 cm³/mol. The smallest absolute Gasteiger partial charge is 1.00 e. The van der Waals surface area contributed by atoms with Gasteiger partial charge in [0.15, 0.2) is 82.1 Å². The van der Waals surface area contributed by atoms with Crippen LogP contribution < -0.4 is 230 Å². The Morgan fingerprint density at radius 2 is 0.754 bits per heavy atom. The molecule has 0 atom stereocenters. The zero-order valence-electron chi connectivity index (χ0n) is 72.1. The summed E-state index contributed by atoms with van der Waals surface area (Å²) in [5.41, 5.74) is 11.2. The fraction of sp³-hybridized carbons (Fsp3) is 0.325. The van der Waals surface area contributed by atoms with Crippen LogP contribution in [-0.2, 0) is 49.5 Å². The molecule has 0 amide bonds. The van der Waals surface area contributed by atoms with Gasteiger partial charge in [-0.3, -0.25) is 28.7 Å². The van der Waals surface area contributed by atoms with E-state index in [4.69, 9.17) is 58.4 Å². The maximum atomic E-state index is 12.6. The van der Waals surface area contributed by atoms with E-state index in [1.807, 2.05) is 43.4 Å². The molecule has 43 heteroatoms. The van der Waals surface area contributed by atoms with Crippen molar-refractivity contribution in [3.63, 3.8) is 0 Å². The van der Waals surface area contributed by atoms with E-state index in [-0.39, 0.29) is 221 Å². The monoisotopic (exact) mass is 2040 g/mol. The topological polar surface area (TPSA) is 344 Å². The van der Waals surface area contributed by atoms with Crippen LogP contribution in [-0.4, -0.2) is 148 Å². The second-order valence-corrected chi connectivity index (χ2v) is 24.7. The SMILES string of the molecule is CC(=O)c1cc(C2CC2)nn1C.CC(F)(F)Oc1cccc(C=O)c1O.COc1c(C=O)cccc1OC(C)(F)F.COc1c(C=O)cccc1OC(F)(F)F.COc1ccc(CN)c(OC)c1.COc1ccc(CNCc2cccc(OC(F)(F)F)c2OC)c(OC)c1.COc1ccc(CNCc2cccc(OC(F)(F)F)c2OC)c(OC)c1.O=CO[O-].[Cs+].[Cs+].[H-]. The van der Waals surface area contributed by atoms with Gasteiger partial charge < -0.3 is 104 Å². The molecule has 1 aromatic heterocycles. The van der Waals surface area contributed by atoms with Crippen LogP contribution in [0.3, 0.4) is 0 Å². The van der Waals surface area contributed by atoms with Gasteiger partial charge >= 0.3 is 169 Å². The Hall–Kier alpha value is -9.05. The number of Topliss-reactive ketones (excluding diaryl/α,β-unsaturated/α-hetero) is 1. The Bertz CT molecular complexity index is 4640. The summed E-state index contributed by atoms with van der Waals surface area (Å²) in [6.07, 6.45) is -17.4. The molecule has 1 aliphatic carbocycles. The second-order valence-electron chi connectivity index (χ2n) is 24.7. The van der Waals surface area contributed by atoms with E-state index in [0.29, 0.717) is 92.4 Å². The predicted octanol–water partition coefficient (Wildman–Crippen LogP) is 10.1. The van der Waals surface area contributed by atoms with Gasteiger partial charge in [0.05, 0.1) is 93.5 Å². The van der Waals surface area contributed by atoms with Crippen molar-refractivity contribution in [1.82, 2.24) is 20.4 Å². The van der Waals surface area contributed by atoms with Crippen LogP contribution in [0, 0.1) is 0 Å². The zero-order chi connectivity index (χ0) is 93.1. The second kappa shape index (κ2) is 57.7. The van der Waals surface area contributed by atoms with Crippen LogP contribution in [0.2, 0.25) is 0 Å². The molecule has 1 heterocycles. The molecule has 0 saturated heterocycles. The summed E-state index contributed by atoms with van der Waals surface area (Å²) in [7, 11) is 16.3. The van der Waals surface area contributed by atoms with Gasteiger partial charge in [-0.2, -0.15) is 22.7 Å². The molecule has 9 aromatic rings. The van der Waals surface area contributed by atoms with E-state index >= 15 is 0 Å². The van der Waals surface area contributed by atoms with Crippen molar-refractivity contribution in [1.29, 1.82) is 0 Å². The Balaban J connectivity index is 0.00000147. The maximum Gasteiger partial charge on any atom is 1.00 e. The molecular formula is C83H92Cs2F13N5O23. The molecule has 126 heavy (non-hydrogen) atoms. The van der Waals surface area contributed by atoms with Gasteiger partial charge in [0.2, 0.25) is 0 Å². The third-order valence-corrected chi connectivity index (χ3v) is 15.9. The van der Waals surface area contributed by atoms with Gasteiger partial charge in [0, 0.05) is 112 Å². The Morgan fingerprint density at radius 1 is 0.444 bits per heavy atom. The van der Waals surface area contributed by atoms with Gasteiger partial charge in [-0.05, 0) is 85.6 Å². The fourth-order valence-corrected chi connectivity index (χ4v) is 10.4. The number of alkyl halides is 13. The molecule has 8 aromatic carbocycles. The average molecular weight is 2040 g/mol. The van der Waals surface area contributed by atoms with Crippen LogP contribution in [0.5, 0.6) is 92.0 Å². The molecule has 1 saturated carbocycles. The molecule has 0 radical (unpaired) electrons. The number of aromatic nitrogens is 2. The molecule has 1 fully saturated rings. The molecule has 0 spiro atoms. The number of hydrogen-bond donors (Lipinski definition) is 4. The summed E-state index contributed by atoms with van der Waals surface area (Å²) in [6.45, 7) is 4.49. The first-order valence-corrected chi connectivity index (χ1v) is 35.8.